The van der Waals surface area contributed by atoms with Gasteiger partial charge in [-0.2, -0.15) is 0 Å². The van der Waals surface area contributed by atoms with E-state index in [0.717, 1.165) is 12.0 Å². The first-order chi connectivity index (χ1) is 14.0. The summed E-state index contributed by atoms with van der Waals surface area (Å²) < 4.78 is 18.0. The Morgan fingerprint density at radius 3 is 2.79 bits per heavy atom. The molecule has 29 heavy (non-hydrogen) atoms. The number of aromatic nitrogens is 1. The number of anilines is 1. The normalized spacial score (nSPS) is 16.7. The summed E-state index contributed by atoms with van der Waals surface area (Å²) in [5, 5.41) is 2.85. The Morgan fingerprint density at radius 2 is 2.00 bits per heavy atom. The fourth-order valence-electron chi connectivity index (χ4n) is 3.58. The first kappa shape index (κ1) is 18.9. The second-order valence-electron chi connectivity index (χ2n) is 7.20. The molecule has 1 aliphatic heterocycles. The average Bonchev–Trinajstić information content (AvgIpc) is 3.09. The number of nitrogens with zero attached hydrogens (tertiary/aromatic N) is 1. The zero-order valence-electron chi connectivity index (χ0n) is 15.6. The van der Waals surface area contributed by atoms with Gasteiger partial charge in [0.25, 0.3) is 0 Å². The van der Waals surface area contributed by atoms with Gasteiger partial charge in [-0.3, -0.25) is 14.6 Å². The smallest absolute Gasteiger partial charge is 0.408 e. The Bertz CT molecular complexity index is 1100. The van der Waals surface area contributed by atoms with Crippen LogP contribution in [0.1, 0.15) is 18.4 Å². The molecule has 2 heterocycles. The van der Waals surface area contributed by atoms with Crippen LogP contribution in [-0.2, 0) is 16.0 Å². The molecular weight excluding hydrogens is 377 g/mol. The van der Waals surface area contributed by atoms with Gasteiger partial charge in [-0.25, -0.2) is 9.18 Å². The van der Waals surface area contributed by atoms with Crippen molar-refractivity contribution in [2.24, 2.45) is 5.92 Å². The van der Waals surface area contributed by atoms with Gasteiger partial charge in [0.2, 0.25) is 11.8 Å². The predicted molar refractivity (Wildman–Crippen MR) is 105 cm³/mol. The molecule has 0 radical (unpaired) electrons. The van der Waals surface area contributed by atoms with Crippen molar-refractivity contribution in [3.05, 3.63) is 64.4 Å². The minimum atomic E-state index is -0.550. The van der Waals surface area contributed by atoms with Crippen molar-refractivity contribution >= 4 is 28.6 Å². The van der Waals surface area contributed by atoms with E-state index in [1.165, 1.54) is 12.1 Å². The first-order valence-corrected chi connectivity index (χ1v) is 9.44. The van der Waals surface area contributed by atoms with Crippen molar-refractivity contribution in [2.45, 2.75) is 19.3 Å². The van der Waals surface area contributed by atoms with Crippen LogP contribution in [-0.4, -0.2) is 34.8 Å². The zero-order valence-corrected chi connectivity index (χ0v) is 15.6. The number of rotatable bonds is 4. The van der Waals surface area contributed by atoms with Crippen LogP contribution in [0, 0.1) is 11.7 Å². The molecule has 150 valence electrons. The number of carbonyl (C=O) groups is 2. The topological polar surface area (TPSA) is 95.4 Å². The number of likely N-dealkylation sites (tertiary alicyclic amines) is 1. The Balaban J connectivity index is 1.38. The van der Waals surface area contributed by atoms with E-state index in [-0.39, 0.29) is 30.0 Å². The summed E-state index contributed by atoms with van der Waals surface area (Å²) in [5.74, 6) is -1.46. The minimum Gasteiger partial charge on any atom is -0.408 e. The monoisotopic (exact) mass is 397 g/mol. The van der Waals surface area contributed by atoms with Gasteiger partial charge in [0, 0.05) is 18.8 Å². The predicted octanol–water partition coefficient (Wildman–Crippen LogP) is 2.68. The molecule has 2 N–H and O–H groups in total. The molecule has 4 rings (SSSR count). The maximum atomic E-state index is 13.0. The standard InChI is InChI=1S/C21H20FN3O4/c22-15-5-3-13(4-6-15)10-19(26)25-9-1-2-14(12-25)20(27)23-16-7-8-18-17(11-16)24-21(28)29-18/h3-8,11,14H,1-2,9-10,12H2,(H,23,27)(H,24,28)/t14-/m0/s1. The van der Waals surface area contributed by atoms with Crippen LogP contribution in [0.5, 0.6) is 0 Å². The molecule has 1 aromatic heterocycles. The number of halogens is 1. The molecule has 2 aromatic carbocycles. The Morgan fingerprint density at radius 1 is 1.21 bits per heavy atom. The molecule has 0 bridgehead atoms. The lowest BCUT2D eigenvalue weighted by atomic mass is 9.96. The van der Waals surface area contributed by atoms with Gasteiger partial charge in [0.05, 0.1) is 17.9 Å². The summed E-state index contributed by atoms with van der Waals surface area (Å²) in [6, 6.07) is 10.8. The number of benzene rings is 2. The number of hydrogen-bond acceptors (Lipinski definition) is 4. The molecule has 0 spiro atoms. The average molecular weight is 397 g/mol. The molecule has 8 heteroatoms. The van der Waals surface area contributed by atoms with E-state index < -0.39 is 5.76 Å². The number of oxazole rings is 1. The minimum absolute atomic E-state index is 0.0773. The van der Waals surface area contributed by atoms with E-state index in [0.29, 0.717) is 36.3 Å². The highest BCUT2D eigenvalue weighted by Gasteiger charge is 2.28. The van der Waals surface area contributed by atoms with Crippen molar-refractivity contribution in [3.8, 4) is 0 Å². The summed E-state index contributed by atoms with van der Waals surface area (Å²) in [6.07, 6.45) is 1.61. The van der Waals surface area contributed by atoms with E-state index in [1.807, 2.05) is 0 Å². The summed E-state index contributed by atoms with van der Waals surface area (Å²) in [6.45, 7) is 0.947. The van der Waals surface area contributed by atoms with E-state index in [4.69, 9.17) is 4.42 Å². The van der Waals surface area contributed by atoms with Crippen LogP contribution < -0.4 is 11.1 Å². The van der Waals surface area contributed by atoms with Crippen molar-refractivity contribution in [2.75, 3.05) is 18.4 Å². The van der Waals surface area contributed by atoms with Crippen molar-refractivity contribution in [3.63, 3.8) is 0 Å². The maximum absolute atomic E-state index is 13.0. The number of piperidine rings is 1. The molecule has 0 aliphatic carbocycles. The molecule has 7 nitrogen and oxygen atoms in total. The van der Waals surface area contributed by atoms with Gasteiger partial charge >= 0.3 is 5.76 Å². The largest absolute Gasteiger partial charge is 0.417 e. The van der Waals surface area contributed by atoms with Crippen molar-refractivity contribution < 1.29 is 18.4 Å². The lowest BCUT2D eigenvalue weighted by Gasteiger charge is -2.32. The highest BCUT2D eigenvalue weighted by atomic mass is 19.1. The Hall–Kier alpha value is -3.42. The van der Waals surface area contributed by atoms with Gasteiger partial charge in [-0.15, -0.1) is 0 Å². The van der Waals surface area contributed by atoms with Crippen LogP contribution in [0.2, 0.25) is 0 Å². The summed E-state index contributed by atoms with van der Waals surface area (Å²) in [7, 11) is 0. The van der Waals surface area contributed by atoms with Crippen molar-refractivity contribution in [1.29, 1.82) is 0 Å². The van der Waals surface area contributed by atoms with E-state index in [1.54, 1.807) is 35.2 Å². The molecule has 1 atom stereocenters. The number of aromatic amines is 1. The number of nitrogens with one attached hydrogen (secondary N) is 2. The third-order valence-corrected chi connectivity index (χ3v) is 5.10. The Labute approximate surface area is 165 Å². The Kier molecular flexibility index (Phi) is 5.16. The third-order valence-electron chi connectivity index (χ3n) is 5.10. The van der Waals surface area contributed by atoms with E-state index >= 15 is 0 Å². The van der Waals surface area contributed by atoms with E-state index in [2.05, 4.69) is 10.3 Å². The SMILES string of the molecule is O=C(Nc1ccc2oc(=O)[nH]c2c1)[C@H]1CCCN(C(=O)Cc2ccc(F)cc2)C1. The van der Waals surface area contributed by atoms with Gasteiger partial charge in [-0.1, -0.05) is 12.1 Å². The number of carbonyl (C=O) groups excluding carboxylic acids is 2. The van der Waals surface area contributed by atoms with Gasteiger partial charge < -0.3 is 14.6 Å². The molecule has 2 amide bonds. The summed E-state index contributed by atoms with van der Waals surface area (Å²) in [5.41, 5.74) is 2.22. The second-order valence-corrected chi connectivity index (χ2v) is 7.20. The van der Waals surface area contributed by atoms with Crippen LogP contribution in [0.25, 0.3) is 11.1 Å². The molecule has 0 saturated carbocycles. The second kappa shape index (κ2) is 7.90. The lowest BCUT2D eigenvalue weighted by Crippen LogP contribution is -2.44. The summed E-state index contributed by atoms with van der Waals surface area (Å²) in [4.78, 5) is 40.8. The molecule has 3 aromatic rings. The number of hydrogen-bond donors (Lipinski definition) is 2. The fraction of sp³-hybridized carbons (Fsp3) is 0.286. The van der Waals surface area contributed by atoms with Crippen LogP contribution in [0.3, 0.4) is 0 Å². The molecule has 0 unspecified atom stereocenters. The maximum Gasteiger partial charge on any atom is 0.417 e. The number of amides is 2. The third kappa shape index (κ3) is 4.37. The quantitative estimate of drug-likeness (QED) is 0.708. The molecule has 1 aliphatic rings. The van der Waals surface area contributed by atoms with Crippen LogP contribution in [0.4, 0.5) is 10.1 Å². The molecular formula is C21H20FN3O4. The number of H-pyrrole nitrogens is 1. The van der Waals surface area contributed by atoms with Gasteiger partial charge in [0.15, 0.2) is 5.58 Å². The number of fused-ring (bicyclic) bond motifs is 1. The highest BCUT2D eigenvalue weighted by Crippen LogP contribution is 2.21. The van der Waals surface area contributed by atoms with Crippen LogP contribution >= 0.6 is 0 Å². The van der Waals surface area contributed by atoms with Gasteiger partial charge in [-0.05, 0) is 48.7 Å². The molecule has 1 fully saturated rings. The highest BCUT2D eigenvalue weighted by molar-refractivity contribution is 5.94. The summed E-state index contributed by atoms with van der Waals surface area (Å²) >= 11 is 0. The molecule has 1 saturated heterocycles. The first-order valence-electron chi connectivity index (χ1n) is 9.44. The van der Waals surface area contributed by atoms with Gasteiger partial charge in [0.1, 0.15) is 5.82 Å². The zero-order chi connectivity index (χ0) is 20.4. The van der Waals surface area contributed by atoms with E-state index in [9.17, 15) is 18.8 Å². The fourth-order valence-corrected chi connectivity index (χ4v) is 3.58. The lowest BCUT2D eigenvalue weighted by molar-refractivity contribution is -0.133. The van der Waals surface area contributed by atoms with Crippen molar-refractivity contribution in [1.82, 2.24) is 9.88 Å². The van der Waals surface area contributed by atoms with Crippen LogP contribution in [0.15, 0.2) is 51.7 Å².